The number of likely N-dealkylation sites (N-methyl/N-ethyl adjacent to an activating group) is 1. The highest BCUT2D eigenvalue weighted by atomic mass is 16.1. The molecule has 0 spiro atoms. The van der Waals surface area contributed by atoms with Gasteiger partial charge in [-0.2, -0.15) is 0 Å². The van der Waals surface area contributed by atoms with Crippen molar-refractivity contribution in [2.75, 3.05) is 32.5 Å². The molecule has 0 aliphatic heterocycles. The van der Waals surface area contributed by atoms with E-state index in [1.165, 1.54) is 0 Å². The van der Waals surface area contributed by atoms with E-state index in [0.29, 0.717) is 18.3 Å². The van der Waals surface area contributed by atoms with Crippen LogP contribution < -0.4 is 10.6 Å². The van der Waals surface area contributed by atoms with E-state index in [1.807, 2.05) is 25.1 Å². The molecule has 0 aromatic carbocycles. The second kappa shape index (κ2) is 6.96. The van der Waals surface area contributed by atoms with E-state index >= 15 is 0 Å². The summed E-state index contributed by atoms with van der Waals surface area (Å²) in [5.41, 5.74) is 1.37. The molecule has 0 radical (unpaired) electrons. The second-order valence-electron chi connectivity index (χ2n) is 4.79. The van der Waals surface area contributed by atoms with E-state index in [9.17, 15) is 4.79 Å². The Bertz CT molecular complexity index is 373. The first-order valence-electron chi connectivity index (χ1n) is 6.14. The molecule has 0 atom stereocenters. The maximum absolute atomic E-state index is 11.7. The number of anilines is 1. The number of nitrogens with one attached hydrogen (secondary N) is 2. The molecule has 5 nitrogen and oxygen atoms in total. The highest BCUT2D eigenvalue weighted by Crippen LogP contribution is 2.07. The third kappa shape index (κ3) is 5.14. The van der Waals surface area contributed by atoms with Crippen LogP contribution in [-0.2, 0) is 0 Å². The lowest BCUT2D eigenvalue weighted by Gasteiger charge is -2.11. The number of carbonyl (C=O) groups is 1. The quantitative estimate of drug-likeness (QED) is 0.796. The van der Waals surface area contributed by atoms with Gasteiger partial charge in [0.05, 0.1) is 11.9 Å². The van der Waals surface area contributed by atoms with Gasteiger partial charge in [0.1, 0.15) is 5.69 Å². The highest BCUT2D eigenvalue weighted by molar-refractivity contribution is 5.92. The monoisotopic (exact) mass is 250 g/mol. The van der Waals surface area contributed by atoms with Gasteiger partial charge in [-0.25, -0.2) is 4.98 Å². The van der Waals surface area contributed by atoms with Crippen molar-refractivity contribution < 1.29 is 4.79 Å². The first kappa shape index (κ1) is 14.4. The molecule has 1 aromatic rings. The van der Waals surface area contributed by atoms with Gasteiger partial charge in [-0.1, -0.05) is 0 Å². The Balaban J connectivity index is 2.48. The van der Waals surface area contributed by atoms with Gasteiger partial charge in [0.25, 0.3) is 5.91 Å². The third-order valence-corrected chi connectivity index (χ3v) is 2.30. The van der Waals surface area contributed by atoms with Crippen LogP contribution in [0.4, 0.5) is 5.69 Å². The number of pyridine rings is 1. The Kier molecular flexibility index (Phi) is 5.58. The summed E-state index contributed by atoms with van der Waals surface area (Å²) < 4.78 is 0. The zero-order valence-electron chi connectivity index (χ0n) is 11.5. The van der Waals surface area contributed by atoms with Crippen LogP contribution in [0.15, 0.2) is 18.3 Å². The zero-order valence-corrected chi connectivity index (χ0v) is 11.5. The van der Waals surface area contributed by atoms with Crippen LogP contribution in [0.3, 0.4) is 0 Å². The molecule has 0 saturated heterocycles. The number of amides is 1. The number of carbonyl (C=O) groups excluding carboxylic acids is 1. The van der Waals surface area contributed by atoms with E-state index < -0.39 is 0 Å². The topological polar surface area (TPSA) is 57.3 Å². The normalized spacial score (nSPS) is 10.8. The average molecular weight is 250 g/mol. The molecule has 1 heterocycles. The Labute approximate surface area is 109 Å². The van der Waals surface area contributed by atoms with Crippen molar-refractivity contribution in [2.24, 2.45) is 0 Å². The molecule has 0 aliphatic rings. The van der Waals surface area contributed by atoms with Crippen molar-refractivity contribution in [3.8, 4) is 0 Å². The van der Waals surface area contributed by atoms with Crippen LogP contribution in [0.5, 0.6) is 0 Å². The van der Waals surface area contributed by atoms with Crippen molar-refractivity contribution in [1.29, 1.82) is 0 Å². The van der Waals surface area contributed by atoms with E-state index in [2.05, 4.69) is 29.5 Å². The van der Waals surface area contributed by atoms with Crippen molar-refractivity contribution in [1.82, 2.24) is 15.2 Å². The Morgan fingerprint density at radius 2 is 2.11 bits per heavy atom. The molecule has 100 valence electrons. The van der Waals surface area contributed by atoms with Crippen LogP contribution in [0.1, 0.15) is 24.3 Å². The summed E-state index contributed by atoms with van der Waals surface area (Å²) in [7, 11) is 3.94. The predicted octanol–water partition coefficient (Wildman–Crippen LogP) is 1.19. The first-order chi connectivity index (χ1) is 8.49. The number of hydrogen-bond donors (Lipinski definition) is 2. The average Bonchev–Trinajstić information content (AvgIpc) is 2.28. The second-order valence-corrected chi connectivity index (χ2v) is 4.79. The summed E-state index contributed by atoms with van der Waals surface area (Å²) in [5.74, 6) is -0.132. The lowest BCUT2D eigenvalue weighted by molar-refractivity contribution is 0.0946. The van der Waals surface area contributed by atoms with E-state index in [4.69, 9.17) is 0 Å². The van der Waals surface area contributed by atoms with Crippen LogP contribution in [0.25, 0.3) is 0 Å². The van der Waals surface area contributed by atoms with Gasteiger partial charge in [-0.3, -0.25) is 4.79 Å². The molecule has 18 heavy (non-hydrogen) atoms. The third-order valence-electron chi connectivity index (χ3n) is 2.30. The van der Waals surface area contributed by atoms with E-state index in [0.717, 1.165) is 12.2 Å². The van der Waals surface area contributed by atoms with Crippen LogP contribution in [0, 0.1) is 0 Å². The van der Waals surface area contributed by atoms with Gasteiger partial charge >= 0.3 is 0 Å². The van der Waals surface area contributed by atoms with Crippen LogP contribution in [0.2, 0.25) is 0 Å². The molecule has 0 unspecified atom stereocenters. The number of aromatic nitrogens is 1. The minimum Gasteiger partial charge on any atom is -0.382 e. The number of nitrogens with zero attached hydrogens (tertiary/aromatic N) is 2. The summed E-state index contributed by atoms with van der Waals surface area (Å²) in [6.45, 7) is 5.56. The van der Waals surface area contributed by atoms with Gasteiger partial charge in [0.2, 0.25) is 0 Å². The van der Waals surface area contributed by atoms with Crippen LogP contribution >= 0.6 is 0 Å². The van der Waals surface area contributed by atoms with Crippen molar-refractivity contribution in [2.45, 2.75) is 19.9 Å². The summed E-state index contributed by atoms with van der Waals surface area (Å²) in [4.78, 5) is 17.9. The fraction of sp³-hybridized carbons (Fsp3) is 0.538. The SMILES string of the molecule is CC(C)Nc1ccc(C(=O)NCCN(C)C)nc1. The predicted molar refractivity (Wildman–Crippen MR) is 73.9 cm³/mol. The molecule has 1 rings (SSSR count). The first-order valence-corrected chi connectivity index (χ1v) is 6.14. The molecule has 0 bridgehead atoms. The summed E-state index contributed by atoms with van der Waals surface area (Å²) >= 11 is 0. The summed E-state index contributed by atoms with van der Waals surface area (Å²) in [6, 6.07) is 3.95. The maximum Gasteiger partial charge on any atom is 0.269 e. The molecule has 5 heteroatoms. The molecule has 0 fully saturated rings. The molecule has 1 aromatic heterocycles. The fourth-order valence-corrected chi connectivity index (χ4v) is 1.43. The van der Waals surface area contributed by atoms with Gasteiger partial charge in [-0.15, -0.1) is 0 Å². The zero-order chi connectivity index (χ0) is 13.5. The van der Waals surface area contributed by atoms with Gasteiger partial charge < -0.3 is 15.5 Å². The van der Waals surface area contributed by atoms with E-state index in [1.54, 1.807) is 12.3 Å². The van der Waals surface area contributed by atoms with Crippen molar-refractivity contribution >= 4 is 11.6 Å². The Morgan fingerprint density at radius 3 is 2.61 bits per heavy atom. The molecule has 1 amide bonds. The van der Waals surface area contributed by atoms with Gasteiger partial charge in [0.15, 0.2) is 0 Å². The van der Waals surface area contributed by atoms with Gasteiger partial charge in [0, 0.05) is 19.1 Å². The summed E-state index contributed by atoms with van der Waals surface area (Å²) in [5, 5.41) is 6.06. The Hall–Kier alpha value is -1.62. The Morgan fingerprint density at radius 1 is 1.39 bits per heavy atom. The number of rotatable bonds is 6. The van der Waals surface area contributed by atoms with Crippen LogP contribution in [-0.4, -0.2) is 49.0 Å². The van der Waals surface area contributed by atoms with Crippen molar-refractivity contribution in [3.05, 3.63) is 24.0 Å². The molecular formula is C13H22N4O. The lowest BCUT2D eigenvalue weighted by atomic mass is 10.3. The standard InChI is InChI=1S/C13H22N4O/c1-10(2)16-11-5-6-12(15-9-11)13(18)14-7-8-17(3)4/h5-6,9-10,16H,7-8H2,1-4H3,(H,14,18). The largest absolute Gasteiger partial charge is 0.382 e. The highest BCUT2D eigenvalue weighted by Gasteiger charge is 2.06. The van der Waals surface area contributed by atoms with E-state index in [-0.39, 0.29) is 5.91 Å². The molecular weight excluding hydrogens is 228 g/mol. The minimum absolute atomic E-state index is 0.132. The molecule has 0 saturated carbocycles. The lowest BCUT2D eigenvalue weighted by Crippen LogP contribution is -2.31. The maximum atomic E-state index is 11.7. The number of hydrogen-bond acceptors (Lipinski definition) is 4. The summed E-state index contributed by atoms with van der Waals surface area (Å²) in [6.07, 6.45) is 1.68. The van der Waals surface area contributed by atoms with Gasteiger partial charge in [-0.05, 0) is 40.1 Å². The van der Waals surface area contributed by atoms with Crippen molar-refractivity contribution in [3.63, 3.8) is 0 Å². The molecule has 0 aliphatic carbocycles. The molecule has 2 N–H and O–H groups in total. The minimum atomic E-state index is -0.132. The fourth-order valence-electron chi connectivity index (χ4n) is 1.43. The smallest absolute Gasteiger partial charge is 0.269 e.